The zero-order valence-corrected chi connectivity index (χ0v) is 8.29. The fourth-order valence-corrected chi connectivity index (χ4v) is 2.80. The zero-order chi connectivity index (χ0) is 8.39. The lowest BCUT2D eigenvalue weighted by Gasteiger charge is -2.04. The van der Waals surface area contributed by atoms with Gasteiger partial charge in [0, 0.05) is 4.90 Å². The highest BCUT2D eigenvalue weighted by molar-refractivity contribution is 7.99. The minimum absolute atomic E-state index is 1.28. The molecule has 12 heavy (non-hydrogen) atoms. The van der Waals surface area contributed by atoms with E-state index in [1.807, 2.05) is 11.8 Å². The highest BCUT2D eigenvalue weighted by Gasteiger charge is 2.07. The predicted octanol–water partition coefficient (Wildman–Crippen LogP) is 3.42. The molecule has 0 saturated heterocycles. The molecule has 0 spiro atoms. The Hall–Kier alpha value is -0.430. The van der Waals surface area contributed by atoms with E-state index in [4.69, 9.17) is 0 Å². The van der Waals surface area contributed by atoms with Gasteiger partial charge < -0.3 is 0 Å². The summed E-state index contributed by atoms with van der Waals surface area (Å²) in [7, 11) is 0. The molecule has 1 heteroatoms. The summed E-state index contributed by atoms with van der Waals surface area (Å²) >= 11 is 2.02. The topological polar surface area (TPSA) is 0 Å². The van der Waals surface area contributed by atoms with Crippen molar-refractivity contribution in [2.75, 3.05) is 5.75 Å². The molecule has 0 saturated carbocycles. The Balaban J connectivity index is 2.36. The van der Waals surface area contributed by atoms with E-state index < -0.39 is 0 Å². The summed E-state index contributed by atoms with van der Waals surface area (Å²) in [6, 6.07) is 6.85. The van der Waals surface area contributed by atoms with Crippen molar-refractivity contribution in [2.24, 2.45) is 0 Å². The first-order valence-electron chi connectivity index (χ1n) is 4.58. The monoisotopic (exact) mass is 178 g/mol. The number of hydrogen-bond acceptors (Lipinski definition) is 1. The molecule has 1 aliphatic rings. The van der Waals surface area contributed by atoms with Crippen LogP contribution in [0.25, 0.3) is 0 Å². The van der Waals surface area contributed by atoms with E-state index in [-0.39, 0.29) is 0 Å². The van der Waals surface area contributed by atoms with Crippen LogP contribution in [-0.2, 0) is 6.42 Å². The molecule has 0 fully saturated rings. The second kappa shape index (κ2) is 3.53. The maximum Gasteiger partial charge on any atom is 0.0107 e. The van der Waals surface area contributed by atoms with Gasteiger partial charge in [-0.1, -0.05) is 17.7 Å². The van der Waals surface area contributed by atoms with Gasteiger partial charge in [0.15, 0.2) is 0 Å². The largest absolute Gasteiger partial charge is 0.126 e. The van der Waals surface area contributed by atoms with Crippen LogP contribution in [0, 0.1) is 6.92 Å². The molecule has 0 bridgehead atoms. The van der Waals surface area contributed by atoms with Gasteiger partial charge in [-0.05, 0) is 43.6 Å². The van der Waals surface area contributed by atoms with E-state index >= 15 is 0 Å². The third kappa shape index (κ3) is 1.66. The van der Waals surface area contributed by atoms with Gasteiger partial charge in [-0.3, -0.25) is 0 Å². The van der Waals surface area contributed by atoms with Crippen molar-refractivity contribution in [3.05, 3.63) is 29.3 Å². The van der Waals surface area contributed by atoms with Gasteiger partial charge in [-0.2, -0.15) is 0 Å². The van der Waals surface area contributed by atoms with Gasteiger partial charge in [-0.15, -0.1) is 11.8 Å². The Bertz CT molecular complexity index is 278. The minimum atomic E-state index is 1.28. The molecule has 1 aliphatic heterocycles. The molecular formula is C11H14S. The Morgan fingerprint density at radius 2 is 2.17 bits per heavy atom. The number of fused-ring (bicyclic) bond motifs is 1. The maximum atomic E-state index is 2.32. The minimum Gasteiger partial charge on any atom is -0.126 e. The Kier molecular flexibility index (Phi) is 2.40. The van der Waals surface area contributed by atoms with Crippen LogP contribution in [0.3, 0.4) is 0 Å². The van der Waals surface area contributed by atoms with Gasteiger partial charge >= 0.3 is 0 Å². The van der Waals surface area contributed by atoms with Crippen LogP contribution >= 0.6 is 11.8 Å². The summed E-state index contributed by atoms with van der Waals surface area (Å²) < 4.78 is 0. The highest BCUT2D eigenvalue weighted by Crippen LogP contribution is 2.29. The average molecular weight is 178 g/mol. The standard InChI is InChI=1S/C11H14S/c1-9-5-6-10-4-2-3-7-12-11(10)8-9/h5-6,8H,2-4,7H2,1H3. The molecule has 0 nitrogen and oxygen atoms in total. The van der Waals surface area contributed by atoms with Crippen LogP contribution in [0.2, 0.25) is 0 Å². The van der Waals surface area contributed by atoms with Gasteiger partial charge in [0.1, 0.15) is 0 Å². The van der Waals surface area contributed by atoms with Gasteiger partial charge in [0.25, 0.3) is 0 Å². The van der Waals surface area contributed by atoms with Crippen molar-refractivity contribution >= 4 is 11.8 Å². The van der Waals surface area contributed by atoms with Crippen LogP contribution < -0.4 is 0 Å². The summed E-state index contributed by atoms with van der Waals surface area (Å²) in [5.74, 6) is 1.30. The molecule has 2 rings (SSSR count). The van der Waals surface area contributed by atoms with Crippen LogP contribution in [0.5, 0.6) is 0 Å². The van der Waals surface area contributed by atoms with Crippen molar-refractivity contribution in [1.82, 2.24) is 0 Å². The predicted molar refractivity (Wildman–Crippen MR) is 54.8 cm³/mol. The summed E-state index contributed by atoms with van der Waals surface area (Å²) in [5.41, 5.74) is 2.95. The lowest BCUT2D eigenvalue weighted by Crippen LogP contribution is -1.85. The number of hydrogen-bond donors (Lipinski definition) is 0. The summed E-state index contributed by atoms with van der Waals surface area (Å²) in [6.07, 6.45) is 4.02. The molecule has 0 unspecified atom stereocenters. The van der Waals surface area contributed by atoms with Crippen molar-refractivity contribution in [2.45, 2.75) is 31.1 Å². The maximum absolute atomic E-state index is 2.32. The van der Waals surface area contributed by atoms with E-state index in [1.54, 1.807) is 5.56 Å². The van der Waals surface area contributed by atoms with E-state index in [9.17, 15) is 0 Å². The van der Waals surface area contributed by atoms with Gasteiger partial charge in [0.05, 0.1) is 0 Å². The summed E-state index contributed by atoms with van der Waals surface area (Å²) in [4.78, 5) is 1.52. The van der Waals surface area contributed by atoms with E-state index in [0.717, 1.165) is 0 Å². The van der Waals surface area contributed by atoms with Crippen molar-refractivity contribution in [3.63, 3.8) is 0 Å². The van der Waals surface area contributed by atoms with Crippen LogP contribution in [0.1, 0.15) is 24.0 Å². The zero-order valence-electron chi connectivity index (χ0n) is 7.47. The van der Waals surface area contributed by atoms with Crippen molar-refractivity contribution in [1.29, 1.82) is 0 Å². The molecular weight excluding hydrogens is 164 g/mol. The van der Waals surface area contributed by atoms with Crippen LogP contribution in [0.15, 0.2) is 23.1 Å². The third-order valence-corrected chi connectivity index (χ3v) is 3.50. The molecule has 0 amide bonds. The highest BCUT2D eigenvalue weighted by atomic mass is 32.2. The molecule has 0 radical (unpaired) electrons. The number of thioether (sulfide) groups is 1. The quantitative estimate of drug-likeness (QED) is 0.586. The third-order valence-electron chi connectivity index (χ3n) is 2.32. The Labute approximate surface area is 78.4 Å². The smallest absolute Gasteiger partial charge is 0.0107 e. The fraction of sp³-hybridized carbons (Fsp3) is 0.455. The summed E-state index contributed by atoms with van der Waals surface area (Å²) in [6.45, 7) is 2.17. The van der Waals surface area contributed by atoms with E-state index in [2.05, 4.69) is 25.1 Å². The fourth-order valence-electron chi connectivity index (χ4n) is 1.60. The normalized spacial score (nSPS) is 16.8. The molecule has 0 atom stereocenters. The molecule has 1 heterocycles. The molecule has 0 aliphatic carbocycles. The van der Waals surface area contributed by atoms with Crippen molar-refractivity contribution < 1.29 is 0 Å². The van der Waals surface area contributed by atoms with E-state index in [1.165, 1.54) is 35.5 Å². The average Bonchev–Trinajstić information content (AvgIpc) is 2.28. The molecule has 1 aromatic rings. The van der Waals surface area contributed by atoms with E-state index in [0.29, 0.717) is 0 Å². The molecule has 64 valence electrons. The Morgan fingerprint density at radius 3 is 3.08 bits per heavy atom. The first kappa shape index (κ1) is 8.18. The first-order chi connectivity index (χ1) is 5.86. The number of aryl methyl sites for hydroxylation is 2. The summed E-state index contributed by atoms with van der Waals surface area (Å²) in [5, 5.41) is 0. The van der Waals surface area contributed by atoms with Crippen LogP contribution in [-0.4, -0.2) is 5.75 Å². The van der Waals surface area contributed by atoms with Crippen LogP contribution in [0.4, 0.5) is 0 Å². The second-order valence-corrected chi connectivity index (χ2v) is 4.55. The Morgan fingerprint density at radius 1 is 1.25 bits per heavy atom. The molecule has 1 aromatic carbocycles. The lowest BCUT2D eigenvalue weighted by atomic mass is 10.1. The lowest BCUT2D eigenvalue weighted by molar-refractivity contribution is 0.804. The SMILES string of the molecule is Cc1ccc2c(c1)SCCCC2. The van der Waals surface area contributed by atoms with Gasteiger partial charge in [0.2, 0.25) is 0 Å². The number of rotatable bonds is 0. The molecule has 0 N–H and O–H groups in total. The van der Waals surface area contributed by atoms with Crippen molar-refractivity contribution in [3.8, 4) is 0 Å². The number of benzene rings is 1. The second-order valence-electron chi connectivity index (χ2n) is 3.42. The first-order valence-corrected chi connectivity index (χ1v) is 5.57. The van der Waals surface area contributed by atoms with Gasteiger partial charge in [-0.25, -0.2) is 0 Å². The molecule has 0 aromatic heterocycles.